The smallest absolute Gasteiger partial charge is 0.129 e. The fourth-order valence-corrected chi connectivity index (χ4v) is 3.54. The molecule has 0 bridgehead atoms. The van der Waals surface area contributed by atoms with Gasteiger partial charge in [-0.1, -0.05) is 35.9 Å². The van der Waals surface area contributed by atoms with Crippen molar-refractivity contribution in [2.75, 3.05) is 5.73 Å². The van der Waals surface area contributed by atoms with Crippen LogP contribution in [0.5, 0.6) is 0 Å². The molecule has 4 rings (SSSR count). The summed E-state index contributed by atoms with van der Waals surface area (Å²) < 4.78 is 0. The Morgan fingerprint density at radius 3 is 2.72 bits per heavy atom. The molecule has 1 atom stereocenters. The molecule has 0 radical (unpaired) electrons. The molecule has 0 aromatic heterocycles. The molecule has 2 aliphatic heterocycles. The van der Waals surface area contributed by atoms with Gasteiger partial charge in [-0.25, -0.2) is 0 Å². The molecule has 2 aromatic carbocycles. The molecular formula is C21H20ClN3. The monoisotopic (exact) mass is 349 g/mol. The van der Waals surface area contributed by atoms with Gasteiger partial charge in [-0.3, -0.25) is 0 Å². The summed E-state index contributed by atoms with van der Waals surface area (Å²) in [4.78, 5) is 2.28. The number of anilines is 1. The number of nitrogens with two attached hydrogens (primary N) is 1. The average Bonchev–Trinajstić information content (AvgIpc) is 2.98. The third-order valence-corrected chi connectivity index (χ3v) is 4.86. The Kier molecular flexibility index (Phi) is 4.02. The molecule has 4 heteroatoms. The van der Waals surface area contributed by atoms with Crippen molar-refractivity contribution >= 4 is 22.9 Å². The zero-order chi connectivity index (χ0) is 17.4. The van der Waals surface area contributed by atoms with Gasteiger partial charge in [-0.05, 0) is 60.4 Å². The molecule has 0 spiro atoms. The van der Waals surface area contributed by atoms with Gasteiger partial charge >= 0.3 is 0 Å². The van der Waals surface area contributed by atoms with Crippen molar-refractivity contribution in [2.24, 2.45) is 0 Å². The quantitative estimate of drug-likeness (QED) is 0.799. The normalized spacial score (nSPS) is 18.9. The van der Waals surface area contributed by atoms with Crippen LogP contribution in [0.3, 0.4) is 0 Å². The van der Waals surface area contributed by atoms with Crippen molar-refractivity contribution in [3.8, 4) is 0 Å². The number of nitrogens with one attached hydrogen (secondary N) is 1. The molecule has 3 nitrogen and oxygen atoms in total. The Labute approximate surface area is 153 Å². The van der Waals surface area contributed by atoms with E-state index in [1.807, 2.05) is 30.3 Å². The lowest BCUT2D eigenvalue weighted by molar-refractivity contribution is 0.408. The Morgan fingerprint density at radius 2 is 1.96 bits per heavy atom. The Bertz CT molecular complexity index is 894. The van der Waals surface area contributed by atoms with Gasteiger partial charge < -0.3 is 16.0 Å². The first-order valence-corrected chi connectivity index (χ1v) is 8.72. The molecule has 2 aromatic rings. The minimum absolute atomic E-state index is 0.119. The second-order valence-corrected chi connectivity index (χ2v) is 6.93. The number of fused-ring (bicyclic) bond motifs is 1. The van der Waals surface area contributed by atoms with Crippen LogP contribution in [0.4, 0.5) is 5.69 Å². The van der Waals surface area contributed by atoms with Crippen molar-refractivity contribution in [1.82, 2.24) is 10.2 Å². The lowest BCUT2D eigenvalue weighted by atomic mass is 9.94. The Balaban J connectivity index is 1.71. The van der Waals surface area contributed by atoms with Crippen LogP contribution in [0, 0.1) is 0 Å². The standard InChI is InChI=1S/C21H20ClN3/c1-14-12-24-21-20(17-3-2-4-18(22)11-17)10-16(13-25(14)21)9-15-5-7-19(23)8-6-15/h2-8,10-13,21,24H,9,23H2,1H3. The first kappa shape index (κ1) is 15.9. The van der Waals surface area contributed by atoms with E-state index in [0.29, 0.717) is 0 Å². The fourth-order valence-electron chi connectivity index (χ4n) is 3.35. The van der Waals surface area contributed by atoms with E-state index in [1.54, 1.807) is 0 Å². The molecule has 0 saturated heterocycles. The molecule has 0 amide bonds. The van der Waals surface area contributed by atoms with Crippen LogP contribution >= 0.6 is 11.6 Å². The predicted octanol–water partition coefficient (Wildman–Crippen LogP) is 4.54. The van der Waals surface area contributed by atoms with Crippen LogP contribution in [-0.4, -0.2) is 11.1 Å². The highest BCUT2D eigenvalue weighted by Gasteiger charge is 2.29. The summed E-state index contributed by atoms with van der Waals surface area (Å²) in [5, 5.41) is 4.21. The number of allylic oxidation sites excluding steroid dienone is 3. The van der Waals surface area contributed by atoms with Crippen molar-refractivity contribution in [2.45, 2.75) is 19.5 Å². The highest BCUT2D eigenvalue weighted by atomic mass is 35.5. The second kappa shape index (κ2) is 6.34. The van der Waals surface area contributed by atoms with Crippen LogP contribution in [0.15, 0.2) is 78.3 Å². The highest BCUT2D eigenvalue weighted by molar-refractivity contribution is 6.30. The molecule has 25 heavy (non-hydrogen) atoms. The lowest BCUT2D eigenvalue weighted by Gasteiger charge is -2.32. The number of nitrogens with zero attached hydrogens (tertiary/aromatic N) is 1. The van der Waals surface area contributed by atoms with Crippen molar-refractivity contribution < 1.29 is 0 Å². The summed E-state index contributed by atoms with van der Waals surface area (Å²) in [6.45, 7) is 2.12. The van der Waals surface area contributed by atoms with Gasteiger partial charge in [-0.15, -0.1) is 0 Å². The van der Waals surface area contributed by atoms with Crippen molar-refractivity contribution in [1.29, 1.82) is 0 Å². The Morgan fingerprint density at radius 1 is 1.16 bits per heavy atom. The number of rotatable bonds is 3. The van der Waals surface area contributed by atoms with Crippen molar-refractivity contribution in [3.63, 3.8) is 0 Å². The minimum atomic E-state index is 0.119. The largest absolute Gasteiger partial charge is 0.399 e. The number of benzene rings is 2. The molecule has 0 fully saturated rings. The lowest BCUT2D eigenvalue weighted by Crippen LogP contribution is -2.36. The second-order valence-electron chi connectivity index (χ2n) is 6.49. The average molecular weight is 350 g/mol. The van der Waals surface area contributed by atoms with E-state index in [2.05, 4.69) is 53.8 Å². The molecule has 126 valence electrons. The van der Waals surface area contributed by atoms with Crippen molar-refractivity contribution in [3.05, 3.63) is 94.4 Å². The van der Waals surface area contributed by atoms with E-state index in [9.17, 15) is 0 Å². The van der Waals surface area contributed by atoms with Crippen LogP contribution in [0.1, 0.15) is 18.1 Å². The maximum Gasteiger partial charge on any atom is 0.129 e. The summed E-state index contributed by atoms with van der Waals surface area (Å²) in [5.74, 6) is 0. The molecule has 2 heterocycles. The molecular weight excluding hydrogens is 330 g/mol. The van der Waals surface area contributed by atoms with E-state index in [4.69, 9.17) is 17.3 Å². The van der Waals surface area contributed by atoms with E-state index in [-0.39, 0.29) is 6.17 Å². The predicted molar refractivity (Wildman–Crippen MR) is 105 cm³/mol. The minimum Gasteiger partial charge on any atom is -0.399 e. The summed E-state index contributed by atoms with van der Waals surface area (Å²) in [6.07, 6.45) is 7.53. The van der Waals surface area contributed by atoms with Crippen LogP contribution in [0.2, 0.25) is 5.02 Å². The zero-order valence-electron chi connectivity index (χ0n) is 14.0. The van der Waals surface area contributed by atoms with E-state index in [0.717, 1.165) is 22.7 Å². The van der Waals surface area contributed by atoms with E-state index >= 15 is 0 Å². The van der Waals surface area contributed by atoms with E-state index in [1.165, 1.54) is 22.4 Å². The maximum absolute atomic E-state index is 6.22. The van der Waals surface area contributed by atoms with Gasteiger partial charge in [-0.2, -0.15) is 0 Å². The van der Waals surface area contributed by atoms with Gasteiger partial charge in [0.25, 0.3) is 0 Å². The third kappa shape index (κ3) is 3.15. The van der Waals surface area contributed by atoms with Gasteiger partial charge in [0.2, 0.25) is 0 Å². The van der Waals surface area contributed by atoms with E-state index < -0.39 is 0 Å². The molecule has 2 aliphatic rings. The molecule has 1 unspecified atom stereocenters. The number of hydrogen-bond acceptors (Lipinski definition) is 3. The van der Waals surface area contributed by atoms with Gasteiger partial charge in [0.1, 0.15) is 6.17 Å². The highest BCUT2D eigenvalue weighted by Crippen LogP contribution is 2.34. The summed E-state index contributed by atoms with van der Waals surface area (Å²) in [7, 11) is 0. The molecule has 0 saturated carbocycles. The number of nitrogen functional groups attached to an aromatic ring is 1. The topological polar surface area (TPSA) is 41.3 Å². The number of halogens is 1. The van der Waals surface area contributed by atoms with Gasteiger partial charge in [0, 0.05) is 34.4 Å². The first-order chi connectivity index (χ1) is 12.1. The maximum atomic E-state index is 6.22. The first-order valence-electron chi connectivity index (χ1n) is 8.34. The summed E-state index contributed by atoms with van der Waals surface area (Å²) >= 11 is 6.22. The van der Waals surface area contributed by atoms with Crippen LogP contribution in [0.25, 0.3) is 5.57 Å². The molecule has 0 aliphatic carbocycles. The third-order valence-electron chi connectivity index (χ3n) is 4.62. The summed E-state index contributed by atoms with van der Waals surface area (Å²) in [5.41, 5.74) is 12.7. The SMILES string of the molecule is CC1=CNC2C(c3cccc(Cl)c3)=CC(Cc3ccc(N)cc3)=CN12. The fraction of sp³-hybridized carbons (Fsp3) is 0.143. The van der Waals surface area contributed by atoms with Crippen LogP contribution in [-0.2, 0) is 6.42 Å². The van der Waals surface area contributed by atoms with Gasteiger partial charge in [0.15, 0.2) is 0 Å². The zero-order valence-corrected chi connectivity index (χ0v) is 14.8. The summed E-state index contributed by atoms with van der Waals surface area (Å²) in [6, 6.07) is 16.1. The molecule has 3 N–H and O–H groups in total. The van der Waals surface area contributed by atoms with Gasteiger partial charge in [0.05, 0.1) is 0 Å². The van der Waals surface area contributed by atoms with Crippen LogP contribution < -0.4 is 11.1 Å². The number of hydrogen-bond donors (Lipinski definition) is 2. The Hall–Kier alpha value is -2.65.